The molecule has 1 fully saturated rings. The van der Waals surface area contributed by atoms with E-state index in [4.69, 9.17) is 0 Å². The molecule has 7 nitrogen and oxygen atoms in total. The summed E-state index contributed by atoms with van der Waals surface area (Å²) in [5.74, 6) is -5.15. The number of alkyl halides is 5. The standard InChI is InChI=1S/C10H17F5N4O3S/c1-2-18-3-5-19(6-4-18)23(21,22)17-8(20)16-7-9(11,12)10(13,14)15/h2-7H2,1H3,(H2,16,17,20). The first-order valence-corrected chi connectivity index (χ1v) is 8.05. The molecule has 0 aromatic heterocycles. The van der Waals surface area contributed by atoms with E-state index in [-0.39, 0.29) is 13.1 Å². The van der Waals surface area contributed by atoms with Crippen molar-refractivity contribution in [2.24, 2.45) is 0 Å². The lowest BCUT2D eigenvalue weighted by molar-refractivity contribution is -0.278. The third-order valence-electron chi connectivity index (χ3n) is 3.23. The molecule has 0 bridgehead atoms. The first kappa shape index (κ1) is 19.8. The lowest BCUT2D eigenvalue weighted by atomic mass is 10.3. The highest BCUT2D eigenvalue weighted by atomic mass is 32.2. The average Bonchev–Trinajstić information content (AvgIpc) is 2.43. The van der Waals surface area contributed by atoms with E-state index in [0.717, 1.165) is 4.31 Å². The topological polar surface area (TPSA) is 81.8 Å². The lowest BCUT2D eigenvalue weighted by Crippen LogP contribution is -2.55. The Labute approximate surface area is 130 Å². The number of nitrogens with one attached hydrogen (secondary N) is 2. The monoisotopic (exact) mass is 368 g/mol. The Hall–Kier alpha value is -1.21. The fourth-order valence-corrected chi connectivity index (χ4v) is 2.87. The number of likely N-dealkylation sites (N-methyl/N-ethyl adjacent to an activating group) is 1. The highest BCUT2D eigenvalue weighted by Gasteiger charge is 2.57. The molecule has 1 saturated heterocycles. The number of amides is 2. The summed E-state index contributed by atoms with van der Waals surface area (Å²) in [5.41, 5.74) is 0. The SMILES string of the molecule is CCN1CCN(S(=O)(=O)NC(=O)NCC(F)(F)C(F)(F)F)CC1. The second-order valence-corrected chi connectivity index (χ2v) is 6.50. The zero-order chi connectivity index (χ0) is 17.9. The van der Waals surface area contributed by atoms with Crippen LogP contribution in [0.3, 0.4) is 0 Å². The van der Waals surface area contributed by atoms with Crippen molar-refractivity contribution in [3.63, 3.8) is 0 Å². The Morgan fingerprint density at radius 3 is 2.04 bits per heavy atom. The quantitative estimate of drug-likeness (QED) is 0.687. The molecule has 1 heterocycles. The minimum atomic E-state index is -5.84. The van der Waals surface area contributed by atoms with Crippen LogP contribution in [0.5, 0.6) is 0 Å². The van der Waals surface area contributed by atoms with Crippen molar-refractivity contribution in [3.05, 3.63) is 0 Å². The van der Waals surface area contributed by atoms with Crippen LogP contribution in [0.15, 0.2) is 0 Å². The van der Waals surface area contributed by atoms with Gasteiger partial charge < -0.3 is 10.2 Å². The summed E-state index contributed by atoms with van der Waals surface area (Å²) in [7, 11) is -4.30. The molecule has 2 N–H and O–H groups in total. The van der Waals surface area contributed by atoms with Crippen LogP contribution in [0, 0.1) is 0 Å². The van der Waals surface area contributed by atoms with E-state index in [1.807, 2.05) is 11.8 Å². The number of nitrogens with zero attached hydrogens (tertiary/aromatic N) is 2. The molecule has 1 aliphatic rings. The van der Waals surface area contributed by atoms with Gasteiger partial charge in [-0.1, -0.05) is 6.92 Å². The van der Waals surface area contributed by atoms with Crippen LogP contribution in [0.2, 0.25) is 0 Å². The Morgan fingerprint density at radius 1 is 1.09 bits per heavy atom. The normalized spacial score (nSPS) is 18.7. The van der Waals surface area contributed by atoms with Crippen molar-refractivity contribution in [1.29, 1.82) is 0 Å². The summed E-state index contributed by atoms with van der Waals surface area (Å²) in [6.07, 6.45) is -5.84. The van der Waals surface area contributed by atoms with Gasteiger partial charge in [-0.3, -0.25) is 0 Å². The predicted molar refractivity (Wildman–Crippen MR) is 70.1 cm³/mol. The van der Waals surface area contributed by atoms with Crippen LogP contribution in [0.25, 0.3) is 0 Å². The molecule has 13 heteroatoms. The van der Waals surface area contributed by atoms with Crippen molar-refractivity contribution in [3.8, 4) is 0 Å². The summed E-state index contributed by atoms with van der Waals surface area (Å²) in [5, 5.41) is 1.21. The summed E-state index contributed by atoms with van der Waals surface area (Å²) < 4.78 is 87.1. The van der Waals surface area contributed by atoms with Crippen LogP contribution in [0.4, 0.5) is 26.7 Å². The van der Waals surface area contributed by atoms with Gasteiger partial charge in [0.2, 0.25) is 0 Å². The fourth-order valence-electron chi connectivity index (χ4n) is 1.80. The Morgan fingerprint density at radius 2 is 1.61 bits per heavy atom. The molecule has 0 saturated carbocycles. The molecule has 23 heavy (non-hydrogen) atoms. The van der Waals surface area contributed by atoms with E-state index in [9.17, 15) is 35.2 Å². The second-order valence-electron chi connectivity index (χ2n) is 4.83. The minimum absolute atomic E-state index is 0.0785. The average molecular weight is 368 g/mol. The maximum atomic E-state index is 12.6. The van der Waals surface area contributed by atoms with Crippen molar-refractivity contribution in [2.45, 2.75) is 19.0 Å². The van der Waals surface area contributed by atoms with Crippen LogP contribution in [-0.2, 0) is 10.2 Å². The van der Waals surface area contributed by atoms with Gasteiger partial charge in [0.05, 0.1) is 6.54 Å². The number of piperazine rings is 1. The van der Waals surface area contributed by atoms with Crippen molar-refractivity contribution < 1.29 is 35.2 Å². The molecule has 0 aromatic rings. The highest BCUT2D eigenvalue weighted by molar-refractivity contribution is 7.87. The summed E-state index contributed by atoms with van der Waals surface area (Å²) in [6.45, 7) is 1.55. The molecular weight excluding hydrogens is 351 g/mol. The zero-order valence-electron chi connectivity index (χ0n) is 12.2. The minimum Gasteiger partial charge on any atom is -0.331 e. The van der Waals surface area contributed by atoms with E-state index in [0.29, 0.717) is 19.6 Å². The molecule has 0 aromatic carbocycles. The molecule has 136 valence electrons. The number of rotatable bonds is 5. The van der Waals surface area contributed by atoms with E-state index in [1.54, 1.807) is 0 Å². The maximum absolute atomic E-state index is 12.6. The molecule has 0 unspecified atom stereocenters. The molecule has 0 aliphatic carbocycles. The molecular formula is C10H17F5N4O3S. The van der Waals surface area contributed by atoms with Crippen molar-refractivity contribution >= 4 is 16.2 Å². The number of carbonyl (C=O) groups is 1. The Kier molecular flexibility index (Phi) is 6.15. The van der Waals surface area contributed by atoms with Crippen LogP contribution < -0.4 is 10.0 Å². The molecule has 0 spiro atoms. The van der Waals surface area contributed by atoms with Crippen LogP contribution in [-0.4, -0.2) is 75.0 Å². The van der Waals surface area contributed by atoms with Crippen molar-refractivity contribution in [2.75, 3.05) is 39.3 Å². The van der Waals surface area contributed by atoms with E-state index in [2.05, 4.69) is 0 Å². The first-order valence-electron chi connectivity index (χ1n) is 6.61. The fraction of sp³-hybridized carbons (Fsp3) is 0.900. The van der Waals surface area contributed by atoms with E-state index >= 15 is 0 Å². The predicted octanol–water partition coefficient (Wildman–Crippen LogP) is 0.365. The lowest BCUT2D eigenvalue weighted by Gasteiger charge is -2.33. The number of halogens is 5. The van der Waals surface area contributed by atoms with Gasteiger partial charge in [-0.05, 0) is 6.54 Å². The summed E-state index contributed by atoms with van der Waals surface area (Å²) in [6, 6.07) is -1.65. The third-order valence-corrected chi connectivity index (χ3v) is 4.71. The maximum Gasteiger partial charge on any atom is 0.455 e. The molecule has 1 rings (SSSR count). The van der Waals surface area contributed by atoms with Gasteiger partial charge in [-0.2, -0.15) is 34.7 Å². The van der Waals surface area contributed by atoms with Crippen molar-refractivity contribution in [1.82, 2.24) is 19.2 Å². The number of carbonyl (C=O) groups excluding carboxylic acids is 1. The van der Waals surface area contributed by atoms with E-state index in [1.165, 1.54) is 10.0 Å². The third kappa shape index (κ3) is 5.42. The summed E-state index contributed by atoms with van der Waals surface area (Å²) in [4.78, 5) is 13.2. The first-order chi connectivity index (χ1) is 10.4. The van der Waals surface area contributed by atoms with Gasteiger partial charge in [0.15, 0.2) is 0 Å². The highest BCUT2D eigenvalue weighted by Crippen LogP contribution is 2.34. The molecule has 0 atom stereocenters. The summed E-state index contributed by atoms with van der Waals surface area (Å²) >= 11 is 0. The smallest absolute Gasteiger partial charge is 0.331 e. The number of urea groups is 1. The van der Waals surface area contributed by atoms with Gasteiger partial charge in [-0.25, -0.2) is 9.52 Å². The molecule has 2 amide bonds. The number of hydrogen-bond donors (Lipinski definition) is 2. The van der Waals surface area contributed by atoms with Gasteiger partial charge in [0.1, 0.15) is 0 Å². The second kappa shape index (κ2) is 7.13. The van der Waals surface area contributed by atoms with E-state index < -0.39 is 34.9 Å². The zero-order valence-corrected chi connectivity index (χ0v) is 13.0. The molecule has 1 aliphatic heterocycles. The largest absolute Gasteiger partial charge is 0.455 e. The number of hydrogen-bond acceptors (Lipinski definition) is 4. The Bertz CT molecular complexity index is 517. The van der Waals surface area contributed by atoms with Gasteiger partial charge >= 0.3 is 28.3 Å². The van der Waals surface area contributed by atoms with Crippen LogP contribution in [0.1, 0.15) is 6.92 Å². The van der Waals surface area contributed by atoms with Gasteiger partial charge in [0.25, 0.3) is 0 Å². The van der Waals surface area contributed by atoms with Crippen LogP contribution >= 0.6 is 0 Å². The van der Waals surface area contributed by atoms with Gasteiger partial charge in [-0.15, -0.1) is 0 Å². The Balaban J connectivity index is 2.53. The molecule has 0 radical (unpaired) electrons. The van der Waals surface area contributed by atoms with Gasteiger partial charge in [0, 0.05) is 26.2 Å².